The molecule has 0 unspecified atom stereocenters. The third-order valence-corrected chi connectivity index (χ3v) is 3.20. The number of rotatable bonds is 1. The number of aliphatic hydroxyl groups is 1. The summed E-state index contributed by atoms with van der Waals surface area (Å²) in [4.78, 5) is 15.6. The summed E-state index contributed by atoms with van der Waals surface area (Å²) in [6, 6.07) is 0.106. The molecule has 4 nitrogen and oxygen atoms in total. The van der Waals surface area contributed by atoms with Gasteiger partial charge in [-0.15, -0.1) is 0 Å². The predicted molar refractivity (Wildman–Crippen MR) is 48.2 cm³/mol. The van der Waals surface area contributed by atoms with E-state index in [0.717, 1.165) is 25.9 Å². The van der Waals surface area contributed by atoms with Crippen molar-refractivity contribution in [1.29, 1.82) is 0 Å². The molecule has 2 rings (SSSR count). The molecule has 13 heavy (non-hydrogen) atoms. The average molecular weight is 184 g/mol. The van der Waals surface area contributed by atoms with Crippen LogP contribution in [0.2, 0.25) is 0 Å². The van der Waals surface area contributed by atoms with Crippen LogP contribution in [-0.2, 0) is 4.79 Å². The molecule has 0 aromatic rings. The van der Waals surface area contributed by atoms with Gasteiger partial charge in [0.25, 0.3) is 0 Å². The molecule has 2 fully saturated rings. The molecule has 2 aliphatic rings. The van der Waals surface area contributed by atoms with Gasteiger partial charge in [0.15, 0.2) is 0 Å². The fourth-order valence-electron chi connectivity index (χ4n) is 2.31. The van der Waals surface area contributed by atoms with Crippen LogP contribution in [0.25, 0.3) is 0 Å². The van der Waals surface area contributed by atoms with Crippen molar-refractivity contribution in [1.82, 2.24) is 9.80 Å². The molecule has 2 heterocycles. The summed E-state index contributed by atoms with van der Waals surface area (Å²) in [6.07, 6.45) is 2.10. The highest BCUT2D eigenvalue weighted by atomic mass is 16.3. The first kappa shape index (κ1) is 8.97. The van der Waals surface area contributed by atoms with Gasteiger partial charge in [-0.25, -0.2) is 0 Å². The minimum absolute atomic E-state index is 0.00171. The Kier molecular flexibility index (Phi) is 2.26. The maximum atomic E-state index is 11.7. The predicted octanol–water partition coefficient (Wildman–Crippen LogP) is -0.716. The number of piperazine rings is 1. The van der Waals surface area contributed by atoms with Crippen LogP contribution >= 0.6 is 0 Å². The van der Waals surface area contributed by atoms with Crippen LogP contribution in [0.1, 0.15) is 12.8 Å². The van der Waals surface area contributed by atoms with Gasteiger partial charge in [-0.3, -0.25) is 9.69 Å². The molecule has 0 saturated carbocycles. The molecule has 2 aliphatic heterocycles. The van der Waals surface area contributed by atoms with Crippen molar-refractivity contribution in [3.8, 4) is 0 Å². The van der Waals surface area contributed by atoms with E-state index in [1.165, 1.54) is 0 Å². The number of carbonyl (C=O) groups is 1. The van der Waals surface area contributed by atoms with Crippen molar-refractivity contribution < 1.29 is 9.90 Å². The van der Waals surface area contributed by atoms with Crippen LogP contribution in [0.5, 0.6) is 0 Å². The molecule has 0 spiro atoms. The monoisotopic (exact) mass is 184 g/mol. The summed E-state index contributed by atoms with van der Waals surface area (Å²) >= 11 is 0. The van der Waals surface area contributed by atoms with E-state index in [0.29, 0.717) is 0 Å². The Balaban J connectivity index is 2.13. The quantitative estimate of drug-likeness (QED) is 0.585. The first-order valence-corrected chi connectivity index (χ1v) is 4.85. The summed E-state index contributed by atoms with van der Waals surface area (Å²) in [6.45, 7) is 1.93. The number of hydrogen-bond donors (Lipinski definition) is 1. The number of hydrogen-bond acceptors (Lipinski definition) is 3. The number of likely N-dealkylation sites (N-methyl/N-ethyl adjacent to an activating group) is 1. The fraction of sp³-hybridized carbons (Fsp3) is 0.889. The van der Waals surface area contributed by atoms with E-state index in [2.05, 4.69) is 4.90 Å². The smallest absolute Gasteiger partial charge is 0.240 e. The molecular weight excluding hydrogens is 168 g/mol. The van der Waals surface area contributed by atoms with E-state index in [1.54, 1.807) is 11.9 Å². The van der Waals surface area contributed by atoms with Gasteiger partial charge < -0.3 is 10.0 Å². The van der Waals surface area contributed by atoms with Crippen molar-refractivity contribution in [2.45, 2.75) is 24.9 Å². The van der Waals surface area contributed by atoms with Gasteiger partial charge >= 0.3 is 0 Å². The molecule has 2 atom stereocenters. The van der Waals surface area contributed by atoms with Crippen LogP contribution in [-0.4, -0.2) is 59.6 Å². The second-order valence-electron chi connectivity index (χ2n) is 3.94. The highest BCUT2D eigenvalue weighted by Gasteiger charge is 2.40. The Morgan fingerprint density at radius 3 is 3.08 bits per heavy atom. The lowest BCUT2D eigenvalue weighted by molar-refractivity contribution is -0.143. The standard InChI is InChI=1S/C9H16N2O2/c1-10-7(6-12)5-11-4-2-3-8(11)9(10)13/h7-8,12H,2-6H2,1H3/t7-,8-/m0/s1. The van der Waals surface area contributed by atoms with Gasteiger partial charge in [0.05, 0.1) is 18.7 Å². The maximum absolute atomic E-state index is 11.7. The molecule has 2 saturated heterocycles. The lowest BCUT2D eigenvalue weighted by Gasteiger charge is -2.40. The largest absolute Gasteiger partial charge is 0.394 e. The lowest BCUT2D eigenvalue weighted by atomic mass is 10.1. The number of fused-ring (bicyclic) bond motifs is 1. The summed E-state index contributed by atoms with van der Waals surface area (Å²) in [7, 11) is 1.79. The number of amides is 1. The maximum Gasteiger partial charge on any atom is 0.240 e. The van der Waals surface area contributed by atoms with E-state index in [4.69, 9.17) is 5.11 Å². The number of aliphatic hydroxyl groups excluding tert-OH is 1. The Bertz CT molecular complexity index is 220. The molecule has 0 bridgehead atoms. The zero-order valence-corrected chi connectivity index (χ0v) is 7.94. The van der Waals surface area contributed by atoms with Crippen LogP contribution in [0.4, 0.5) is 0 Å². The number of nitrogens with zero attached hydrogens (tertiary/aromatic N) is 2. The molecular formula is C9H16N2O2. The van der Waals surface area contributed by atoms with E-state index in [-0.39, 0.29) is 24.6 Å². The van der Waals surface area contributed by atoms with Crippen molar-refractivity contribution in [2.24, 2.45) is 0 Å². The first-order chi connectivity index (χ1) is 6.24. The SMILES string of the molecule is CN1C(=O)[C@@H]2CCCN2C[C@H]1CO. The highest BCUT2D eigenvalue weighted by molar-refractivity contribution is 5.83. The summed E-state index contributed by atoms with van der Waals surface area (Å²) in [5.41, 5.74) is 0. The van der Waals surface area contributed by atoms with Gasteiger partial charge in [0.2, 0.25) is 5.91 Å². The molecule has 4 heteroatoms. The second kappa shape index (κ2) is 3.27. The molecule has 1 N–H and O–H groups in total. The highest BCUT2D eigenvalue weighted by Crippen LogP contribution is 2.24. The normalized spacial score (nSPS) is 35.2. The molecule has 74 valence electrons. The Hall–Kier alpha value is -0.610. The zero-order chi connectivity index (χ0) is 9.42. The minimum Gasteiger partial charge on any atom is -0.394 e. The summed E-state index contributed by atoms with van der Waals surface area (Å²) < 4.78 is 0. The second-order valence-corrected chi connectivity index (χ2v) is 3.94. The van der Waals surface area contributed by atoms with Gasteiger partial charge in [-0.05, 0) is 19.4 Å². The lowest BCUT2D eigenvalue weighted by Crippen LogP contribution is -2.59. The molecule has 0 aromatic heterocycles. The number of carbonyl (C=O) groups excluding carboxylic acids is 1. The summed E-state index contributed by atoms with van der Waals surface area (Å²) in [5.74, 6) is 0.183. The Morgan fingerprint density at radius 2 is 2.38 bits per heavy atom. The van der Waals surface area contributed by atoms with E-state index < -0.39 is 0 Å². The fourth-order valence-corrected chi connectivity index (χ4v) is 2.31. The Labute approximate surface area is 78.1 Å². The van der Waals surface area contributed by atoms with E-state index in [9.17, 15) is 4.79 Å². The first-order valence-electron chi connectivity index (χ1n) is 4.85. The van der Waals surface area contributed by atoms with Gasteiger partial charge in [-0.2, -0.15) is 0 Å². The van der Waals surface area contributed by atoms with Crippen LogP contribution in [0.3, 0.4) is 0 Å². The van der Waals surface area contributed by atoms with Crippen LogP contribution in [0, 0.1) is 0 Å². The van der Waals surface area contributed by atoms with Crippen LogP contribution < -0.4 is 0 Å². The minimum atomic E-state index is 0.00171. The van der Waals surface area contributed by atoms with Gasteiger partial charge in [0, 0.05) is 13.6 Å². The van der Waals surface area contributed by atoms with Crippen molar-refractivity contribution in [3.05, 3.63) is 0 Å². The van der Waals surface area contributed by atoms with E-state index in [1.807, 2.05) is 0 Å². The average Bonchev–Trinajstić information content (AvgIpc) is 2.59. The van der Waals surface area contributed by atoms with Crippen LogP contribution in [0.15, 0.2) is 0 Å². The zero-order valence-electron chi connectivity index (χ0n) is 7.94. The van der Waals surface area contributed by atoms with E-state index >= 15 is 0 Å². The van der Waals surface area contributed by atoms with Crippen molar-refractivity contribution >= 4 is 5.91 Å². The molecule has 0 aromatic carbocycles. The van der Waals surface area contributed by atoms with Gasteiger partial charge in [0.1, 0.15) is 0 Å². The third-order valence-electron chi connectivity index (χ3n) is 3.20. The summed E-state index contributed by atoms with van der Waals surface area (Å²) in [5, 5.41) is 9.08. The molecule has 0 aliphatic carbocycles. The van der Waals surface area contributed by atoms with Crippen molar-refractivity contribution in [2.75, 3.05) is 26.7 Å². The van der Waals surface area contributed by atoms with Gasteiger partial charge in [-0.1, -0.05) is 0 Å². The molecule has 0 radical (unpaired) electrons. The topological polar surface area (TPSA) is 43.8 Å². The Morgan fingerprint density at radius 1 is 1.62 bits per heavy atom. The molecule has 1 amide bonds. The third kappa shape index (κ3) is 1.34. The van der Waals surface area contributed by atoms with Crippen molar-refractivity contribution in [3.63, 3.8) is 0 Å².